The molecule has 2 rings (SSSR count). The van der Waals surface area contributed by atoms with Gasteiger partial charge in [0.2, 0.25) is 0 Å². The van der Waals surface area contributed by atoms with E-state index in [1.165, 1.54) is 17.7 Å². The topological polar surface area (TPSA) is 61.6 Å². The maximum absolute atomic E-state index is 13.5. The second-order valence-corrected chi connectivity index (χ2v) is 4.49. The summed E-state index contributed by atoms with van der Waals surface area (Å²) < 4.78 is 14.7. The van der Waals surface area contributed by atoms with Crippen molar-refractivity contribution in [1.29, 1.82) is 5.41 Å². The minimum atomic E-state index is -0.463. The van der Waals surface area contributed by atoms with Crippen LogP contribution in [0.25, 0.3) is 0 Å². The molecule has 0 saturated heterocycles. The molecule has 5 heteroatoms. The number of hydrogen-bond donors (Lipinski definition) is 2. The molecule has 0 unspecified atom stereocenters. The smallest absolute Gasteiger partial charge is 0.254 e. The van der Waals surface area contributed by atoms with Crippen LogP contribution in [0.5, 0.6) is 0 Å². The largest absolute Gasteiger partial charge is 0.360 e. The van der Waals surface area contributed by atoms with Crippen LogP contribution in [0.15, 0.2) is 35.4 Å². The Labute approximate surface area is 110 Å². The van der Waals surface area contributed by atoms with Gasteiger partial charge in [0, 0.05) is 30.9 Å². The molecule has 0 aromatic carbocycles. The molecule has 2 N–H and O–H groups in total. The van der Waals surface area contributed by atoms with Crippen LogP contribution >= 0.6 is 0 Å². The van der Waals surface area contributed by atoms with Crippen molar-refractivity contribution < 1.29 is 4.39 Å². The van der Waals surface area contributed by atoms with Gasteiger partial charge in [0.25, 0.3) is 5.56 Å². The highest BCUT2D eigenvalue weighted by Crippen LogP contribution is 2.21. The Balaban J connectivity index is 2.49. The summed E-state index contributed by atoms with van der Waals surface area (Å²) in [5.74, 6) is -0.872. The van der Waals surface area contributed by atoms with E-state index in [4.69, 9.17) is 5.41 Å². The minimum absolute atomic E-state index is 0.260. The van der Waals surface area contributed by atoms with Gasteiger partial charge in [-0.3, -0.25) is 4.79 Å². The zero-order chi connectivity index (χ0) is 14.0. The average molecular weight is 261 g/mol. The molecule has 19 heavy (non-hydrogen) atoms. The van der Waals surface area contributed by atoms with E-state index >= 15 is 0 Å². The van der Waals surface area contributed by atoms with Gasteiger partial charge in [0.15, 0.2) is 0 Å². The number of aromatic amines is 1. The van der Waals surface area contributed by atoms with E-state index in [9.17, 15) is 9.18 Å². The lowest BCUT2D eigenvalue weighted by molar-refractivity contribution is 0.596. The monoisotopic (exact) mass is 261 g/mol. The first kappa shape index (κ1) is 13.3. The number of rotatable bonds is 4. The SMILES string of the molecule is CC[C@@H](C(=N)c1ccc[nH]1)c1cc(F)cn(C)c1=O. The molecule has 100 valence electrons. The highest BCUT2D eigenvalue weighted by molar-refractivity contribution is 6.01. The molecule has 0 aliphatic carbocycles. The second kappa shape index (κ2) is 5.22. The van der Waals surface area contributed by atoms with E-state index in [1.54, 1.807) is 18.3 Å². The molecule has 0 aliphatic rings. The fraction of sp³-hybridized carbons (Fsp3) is 0.286. The Morgan fingerprint density at radius 3 is 2.89 bits per heavy atom. The number of H-pyrrole nitrogens is 1. The van der Waals surface area contributed by atoms with E-state index in [0.717, 1.165) is 6.20 Å². The fourth-order valence-electron chi connectivity index (χ4n) is 2.21. The van der Waals surface area contributed by atoms with Gasteiger partial charge in [-0.15, -0.1) is 0 Å². The van der Waals surface area contributed by atoms with E-state index in [2.05, 4.69) is 4.98 Å². The zero-order valence-corrected chi connectivity index (χ0v) is 10.9. The van der Waals surface area contributed by atoms with Crippen LogP contribution in [0, 0.1) is 11.2 Å². The molecule has 2 aromatic heterocycles. The predicted octanol–water partition coefficient (Wildman–Crippen LogP) is 2.41. The van der Waals surface area contributed by atoms with Crippen molar-refractivity contribution in [3.05, 3.63) is 58.0 Å². The normalized spacial score (nSPS) is 12.4. The molecule has 0 spiro atoms. The Hall–Kier alpha value is -2.17. The third kappa shape index (κ3) is 2.50. The summed E-state index contributed by atoms with van der Waals surface area (Å²) in [6.45, 7) is 1.88. The van der Waals surface area contributed by atoms with Crippen LogP contribution in [-0.2, 0) is 7.05 Å². The van der Waals surface area contributed by atoms with Crippen LogP contribution in [0.4, 0.5) is 4.39 Å². The Kier molecular flexibility index (Phi) is 3.64. The summed E-state index contributed by atoms with van der Waals surface area (Å²) in [6.07, 6.45) is 3.44. The van der Waals surface area contributed by atoms with Gasteiger partial charge in [-0.05, 0) is 24.6 Å². The molecule has 0 amide bonds. The molecular weight excluding hydrogens is 245 g/mol. The van der Waals surface area contributed by atoms with Crippen LogP contribution in [0.3, 0.4) is 0 Å². The number of hydrogen-bond acceptors (Lipinski definition) is 2. The van der Waals surface area contributed by atoms with Crippen molar-refractivity contribution in [1.82, 2.24) is 9.55 Å². The highest BCUT2D eigenvalue weighted by Gasteiger charge is 2.21. The summed E-state index contributed by atoms with van der Waals surface area (Å²) in [5, 5.41) is 8.18. The van der Waals surface area contributed by atoms with E-state index in [1.807, 2.05) is 6.92 Å². The number of aromatic nitrogens is 2. The second-order valence-electron chi connectivity index (χ2n) is 4.49. The number of aryl methyl sites for hydroxylation is 1. The summed E-state index contributed by atoms with van der Waals surface area (Å²) in [6, 6.07) is 4.79. The number of pyridine rings is 1. The summed E-state index contributed by atoms with van der Waals surface area (Å²) >= 11 is 0. The fourth-order valence-corrected chi connectivity index (χ4v) is 2.21. The molecule has 2 heterocycles. The standard InChI is InChI=1S/C14H16FN3O/c1-3-10(13(16)12-5-4-6-17-12)11-7-9(15)8-18(2)14(11)19/h4-8,10,16-17H,3H2,1-2H3/t10-/m1/s1. The molecule has 0 aliphatic heterocycles. The van der Waals surface area contributed by atoms with Crippen LogP contribution in [0.2, 0.25) is 0 Å². The predicted molar refractivity (Wildman–Crippen MR) is 72.3 cm³/mol. The molecule has 4 nitrogen and oxygen atoms in total. The van der Waals surface area contributed by atoms with Crippen LogP contribution in [0.1, 0.15) is 30.5 Å². The Bertz CT molecular complexity index is 643. The first-order valence-corrected chi connectivity index (χ1v) is 6.12. The molecule has 2 aromatic rings. The average Bonchev–Trinajstić information content (AvgIpc) is 2.89. The Morgan fingerprint density at radius 1 is 1.58 bits per heavy atom. The van der Waals surface area contributed by atoms with Crippen molar-refractivity contribution >= 4 is 5.71 Å². The van der Waals surface area contributed by atoms with Crippen molar-refractivity contribution in [2.45, 2.75) is 19.3 Å². The molecule has 0 radical (unpaired) electrons. The van der Waals surface area contributed by atoms with E-state index in [-0.39, 0.29) is 5.56 Å². The molecule has 0 saturated carbocycles. The van der Waals surface area contributed by atoms with Crippen molar-refractivity contribution in [2.75, 3.05) is 0 Å². The van der Waals surface area contributed by atoms with Gasteiger partial charge in [-0.25, -0.2) is 4.39 Å². The van der Waals surface area contributed by atoms with Crippen LogP contribution in [-0.4, -0.2) is 15.3 Å². The minimum Gasteiger partial charge on any atom is -0.360 e. The summed E-state index contributed by atoms with van der Waals surface area (Å²) in [4.78, 5) is 15.0. The zero-order valence-electron chi connectivity index (χ0n) is 10.9. The van der Waals surface area contributed by atoms with Gasteiger partial charge in [0.05, 0.1) is 11.4 Å². The molecule has 0 fully saturated rings. The summed E-state index contributed by atoms with van der Waals surface area (Å²) in [7, 11) is 1.51. The van der Waals surface area contributed by atoms with Gasteiger partial charge in [-0.2, -0.15) is 0 Å². The van der Waals surface area contributed by atoms with Gasteiger partial charge in [0.1, 0.15) is 5.82 Å². The van der Waals surface area contributed by atoms with Gasteiger partial charge in [-0.1, -0.05) is 6.92 Å². The lowest BCUT2D eigenvalue weighted by atomic mass is 9.91. The van der Waals surface area contributed by atoms with Crippen molar-refractivity contribution in [3.8, 4) is 0 Å². The number of nitrogens with one attached hydrogen (secondary N) is 2. The maximum Gasteiger partial charge on any atom is 0.254 e. The lowest BCUT2D eigenvalue weighted by Gasteiger charge is -2.16. The number of nitrogens with zero attached hydrogens (tertiary/aromatic N) is 1. The van der Waals surface area contributed by atoms with Gasteiger partial charge < -0.3 is 15.0 Å². The third-order valence-electron chi connectivity index (χ3n) is 3.20. The van der Waals surface area contributed by atoms with Crippen molar-refractivity contribution in [2.24, 2.45) is 7.05 Å². The molecule has 0 bridgehead atoms. The number of halogens is 1. The van der Waals surface area contributed by atoms with Gasteiger partial charge >= 0.3 is 0 Å². The lowest BCUT2D eigenvalue weighted by Crippen LogP contribution is -2.27. The van der Waals surface area contributed by atoms with E-state index in [0.29, 0.717) is 23.4 Å². The molecule has 1 atom stereocenters. The molecular formula is C14H16FN3O. The quantitative estimate of drug-likeness (QED) is 0.816. The maximum atomic E-state index is 13.5. The third-order valence-corrected chi connectivity index (χ3v) is 3.20. The first-order valence-electron chi connectivity index (χ1n) is 6.12. The highest BCUT2D eigenvalue weighted by atomic mass is 19.1. The van der Waals surface area contributed by atoms with Crippen molar-refractivity contribution in [3.63, 3.8) is 0 Å². The Morgan fingerprint density at radius 2 is 2.32 bits per heavy atom. The van der Waals surface area contributed by atoms with Crippen LogP contribution < -0.4 is 5.56 Å². The van der Waals surface area contributed by atoms with E-state index < -0.39 is 11.7 Å². The first-order chi connectivity index (χ1) is 9.04. The summed E-state index contributed by atoms with van der Waals surface area (Å²) in [5.41, 5.74) is 1.02.